The summed E-state index contributed by atoms with van der Waals surface area (Å²) in [6, 6.07) is 0.665. The topological polar surface area (TPSA) is 184 Å². The lowest BCUT2D eigenvalue weighted by atomic mass is 9.51. The average Bonchev–Trinajstić information content (AvgIpc) is 3.65. The number of fused-ring (bicyclic) bond motifs is 4. The minimum atomic E-state index is -1.74. The van der Waals surface area contributed by atoms with E-state index in [1.165, 1.54) is 6.07 Å². The number of aliphatic hydroxyl groups is 2. The first-order valence-corrected chi connectivity index (χ1v) is 21.3. The van der Waals surface area contributed by atoms with Crippen LogP contribution in [0.1, 0.15) is 96.5 Å². The Kier molecular flexibility index (Phi) is 11.8. The number of aromatic amines is 1. The molecule has 0 aromatic carbocycles. The number of carbonyl (C=O) groups is 4. The van der Waals surface area contributed by atoms with Crippen LogP contribution in [-0.4, -0.2) is 80.2 Å². The van der Waals surface area contributed by atoms with Crippen LogP contribution in [0.25, 0.3) is 0 Å². The summed E-state index contributed by atoms with van der Waals surface area (Å²) in [6.45, 7) is 9.40. The van der Waals surface area contributed by atoms with E-state index in [0.29, 0.717) is 32.1 Å². The van der Waals surface area contributed by atoms with Crippen molar-refractivity contribution in [3.63, 3.8) is 0 Å². The first kappa shape index (κ1) is 42.4. The fourth-order valence-corrected chi connectivity index (χ4v) is 11.5. The molecule has 14 heteroatoms. The number of halogens is 2. The highest BCUT2D eigenvalue weighted by Gasteiger charge is 2.67. The number of allylic oxidation sites excluding steroid dienone is 5. The van der Waals surface area contributed by atoms with Gasteiger partial charge in [-0.3, -0.25) is 9.59 Å². The number of aliphatic hydroxyl groups excluding tert-OH is 2. The summed E-state index contributed by atoms with van der Waals surface area (Å²) >= 11 is 12.2. The molecule has 1 spiro atoms. The van der Waals surface area contributed by atoms with Gasteiger partial charge in [0.15, 0.2) is 11.9 Å². The molecule has 2 aliphatic heterocycles. The molecule has 2 saturated heterocycles. The highest BCUT2D eigenvalue weighted by atomic mass is 35.5. The van der Waals surface area contributed by atoms with Gasteiger partial charge >= 0.3 is 11.9 Å². The molecule has 0 unspecified atom stereocenters. The Balaban J connectivity index is 1.22. The van der Waals surface area contributed by atoms with Crippen molar-refractivity contribution in [3.05, 3.63) is 81.4 Å². The van der Waals surface area contributed by atoms with E-state index in [1.807, 2.05) is 26.0 Å². The van der Waals surface area contributed by atoms with E-state index in [4.69, 9.17) is 37.4 Å². The molecular weight excluding hydrogens is 787 g/mol. The first-order chi connectivity index (χ1) is 27.5. The second kappa shape index (κ2) is 16.1. The lowest BCUT2D eigenvalue weighted by Crippen LogP contribution is -2.58. The number of carboxylic acids is 1. The van der Waals surface area contributed by atoms with Gasteiger partial charge in [-0.25, -0.2) is 9.59 Å². The summed E-state index contributed by atoms with van der Waals surface area (Å²) < 4.78 is 19.3. The summed E-state index contributed by atoms with van der Waals surface area (Å²) in [4.78, 5) is 57.4. The summed E-state index contributed by atoms with van der Waals surface area (Å²) in [5.41, 5.74) is -4.19. The number of Topliss-reactive ketones (excluding diaryl/α,β-unsaturated/α-hetero) is 1. The monoisotopic (exact) mass is 840 g/mol. The van der Waals surface area contributed by atoms with Gasteiger partial charge in [-0.1, -0.05) is 86.5 Å². The molecule has 3 heterocycles. The van der Waals surface area contributed by atoms with Crippen LogP contribution in [-0.2, 0) is 28.6 Å². The SMILES string of the molecule is CC[C@H]1C[C@]23OC(=O)C(=C(O)[C@@]4(CC)[C@@H]5CC[C@H](C)[C@H](O[C@H]6C[C@H](O)[C@H](NC(=O)c7[nH]c(Cl)cc7Cl)[C@@H](C)O6)[C@H]5C=C[C@H]4CC=CCC=C[C@@]2(C)C=C1C(=O)O)C3=O. The van der Waals surface area contributed by atoms with Crippen LogP contribution in [0.15, 0.2) is 65.5 Å². The lowest BCUT2D eigenvalue weighted by Gasteiger charge is -2.55. The smallest absolute Gasteiger partial charge is 0.346 e. The van der Waals surface area contributed by atoms with E-state index in [2.05, 4.69) is 35.5 Å². The van der Waals surface area contributed by atoms with Crippen molar-refractivity contribution in [1.82, 2.24) is 10.3 Å². The average molecular weight is 842 g/mol. The number of hydrogen-bond acceptors (Lipinski definition) is 9. The molecule has 3 fully saturated rings. The fourth-order valence-electron chi connectivity index (χ4n) is 11.0. The van der Waals surface area contributed by atoms with Crippen LogP contribution in [0.4, 0.5) is 0 Å². The van der Waals surface area contributed by atoms with Crippen molar-refractivity contribution in [1.29, 1.82) is 0 Å². The van der Waals surface area contributed by atoms with E-state index in [-0.39, 0.29) is 69.3 Å². The van der Waals surface area contributed by atoms with Crippen LogP contribution in [0, 0.1) is 40.4 Å². The molecule has 5 N–H and O–H groups in total. The number of ketones is 1. The third-order valence-corrected chi connectivity index (χ3v) is 14.7. The Morgan fingerprint density at radius 1 is 1.10 bits per heavy atom. The summed E-state index contributed by atoms with van der Waals surface area (Å²) in [7, 11) is 0. The van der Waals surface area contributed by atoms with Gasteiger partial charge in [-0.2, -0.15) is 0 Å². The minimum absolute atomic E-state index is 0.0220. The molecule has 12 nitrogen and oxygen atoms in total. The van der Waals surface area contributed by atoms with Crippen molar-refractivity contribution in [2.24, 2.45) is 40.4 Å². The van der Waals surface area contributed by atoms with Crippen molar-refractivity contribution in [2.45, 2.75) is 122 Å². The maximum Gasteiger partial charge on any atom is 0.346 e. The number of carboxylic acid groups (broad SMARTS) is 1. The van der Waals surface area contributed by atoms with Gasteiger partial charge < -0.3 is 39.8 Å². The molecule has 1 aromatic heterocycles. The molecule has 1 amide bonds. The third kappa shape index (κ3) is 6.90. The predicted octanol–water partition coefficient (Wildman–Crippen LogP) is 7.58. The molecule has 2 bridgehead atoms. The third-order valence-electron chi connectivity index (χ3n) is 14.2. The number of esters is 1. The number of amides is 1. The standard InChI is InChI=1S/C44H54Cl2N2O10/c1-6-24-20-44-38(51)33(41(55)58-44)37(50)43(7-2)25(12-10-8-9-11-17-42(44,5)21-27(24)40(53)54)14-15-26-28(43)16-13-22(3)36(26)57-32-19-30(49)34(23(4)56-32)48-39(52)35-29(45)18-31(46)47-35/h8,10-11,14-15,17-18,21-26,28,30,32,34,36,47,49-50H,6-7,9,12-13,16,19-20H2,1-5H3,(H,48,52)(H,53,54)/t22-,23+,24-,25+,26-,28+,30-,32-,34+,36-,42-,43+,44+/m0/s1. The van der Waals surface area contributed by atoms with Gasteiger partial charge in [0.2, 0.25) is 5.78 Å². The number of aliphatic carboxylic acids is 1. The second-order valence-corrected chi connectivity index (χ2v) is 18.1. The Morgan fingerprint density at radius 2 is 1.86 bits per heavy atom. The van der Waals surface area contributed by atoms with Gasteiger partial charge in [0.05, 0.1) is 34.8 Å². The zero-order valence-electron chi connectivity index (χ0n) is 33.5. The Bertz CT molecular complexity index is 1990. The number of rotatable bonds is 7. The normalized spacial score (nSPS) is 40.0. The molecule has 58 heavy (non-hydrogen) atoms. The van der Waals surface area contributed by atoms with Crippen LogP contribution in [0.5, 0.6) is 0 Å². The molecule has 4 aliphatic carbocycles. The highest BCUT2D eigenvalue weighted by Crippen LogP contribution is 2.61. The van der Waals surface area contributed by atoms with Crippen molar-refractivity contribution >= 4 is 46.8 Å². The molecule has 1 saturated carbocycles. The van der Waals surface area contributed by atoms with Crippen molar-refractivity contribution < 1.29 is 48.7 Å². The zero-order chi connectivity index (χ0) is 41.9. The van der Waals surface area contributed by atoms with Crippen LogP contribution in [0.3, 0.4) is 0 Å². The second-order valence-electron chi connectivity index (χ2n) is 17.2. The Morgan fingerprint density at radius 3 is 2.52 bits per heavy atom. The van der Waals surface area contributed by atoms with E-state index >= 15 is 4.79 Å². The molecule has 314 valence electrons. The lowest BCUT2D eigenvalue weighted by molar-refractivity contribution is -0.258. The van der Waals surface area contributed by atoms with Gasteiger partial charge in [-0.15, -0.1) is 0 Å². The van der Waals surface area contributed by atoms with Crippen molar-refractivity contribution in [3.8, 4) is 0 Å². The molecule has 0 radical (unpaired) electrons. The molecule has 6 aliphatic rings. The molecule has 7 rings (SSSR count). The number of ether oxygens (including phenoxy) is 3. The Labute approximate surface area is 348 Å². The predicted molar refractivity (Wildman–Crippen MR) is 216 cm³/mol. The molecular formula is C44H54Cl2N2O10. The largest absolute Gasteiger partial charge is 0.511 e. The van der Waals surface area contributed by atoms with Crippen molar-refractivity contribution in [2.75, 3.05) is 0 Å². The molecule has 1 aromatic rings. The summed E-state index contributed by atoms with van der Waals surface area (Å²) in [6.07, 6.45) is 14.0. The van der Waals surface area contributed by atoms with E-state index in [0.717, 1.165) is 6.42 Å². The van der Waals surface area contributed by atoms with E-state index in [9.17, 15) is 29.7 Å². The highest BCUT2D eigenvalue weighted by molar-refractivity contribution is 6.36. The van der Waals surface area contributed by atoms with Crippen LogP contribution >= 0.6 is 23.2 Å². The van der Waals surface area contributed by atoms with Gasteiger partial charge in [0.1, 0.15) is 22.2 Å². The quantitative estimate of drug-likeness (QED) is 0.104. The van der Waals surface area contributed by atoms with Crippen LogP contribution in [0.2, 0.25) is 10.2 Å². The maximum atomic E-state index is 15.0. The number of nitrogens with one attached hydrogen (secondary N) is 2. The number of carbonyl (C=O) groups excluding carboxylic acids is 3. The minimum Gasteiger partial charge on any atom is -0.511 e. The molecule has 13 atom stereocenters. The maximum absolute atomic E-state index is 15.0. The number of H-pyrrole nitrogens is 1. The van der Waals surface area contributed by atoms with Gasteiger partial charge in [-0.05, 0) is 82.1 Å². The zero-order valence-corrected chi connectivity index (χ0v) is 35.0. The van der Waals surface area contributed by atoms with Gasteiger partial charge in [0.25, 0.3) is 5.91 Å². The van der Waals surface area contributed by atoms with E-state index < -0.39 is 76.6 Å². The van der Waals surface area contributed by atoms with E-state index in [1.54, 1.807) is 26.0 Å². The first-order valence-electron chi connectivity index (χ1n) is 20.5. The summed E-state index contributed by atoms with van der Waals surface area (Å²) in [5.74, 6) is -4.71. The van der Waals surface area contributed by atoms with Crippen LogP contribution < -0.4 is 5.32 Å². The Hall–Kier alpha value is -3.68. The number of aromatic nitrogens is 1. The number of hydrogen-bond donors (Lipinski definition) is 5. The fraction of sp³-hybridized carbons (Fsp3) is 0.591. The van der Waals surface area contributed by atoms with Gasteiger partial charge in [0, 0.05) is 29.7 Å². The summed E-state index contributed by atoms with van der Waals surface area (Å²) in [5, 5.41) is 37.4.